The molecule has 1 aliphatic rings. The minimum Gasteiger partial charge on any atom is -0.380 e. The van der Waals surface area contributed by atoms with Gasteiger partial charge in [0, 0.05) is 39.4 Å². The average molecular weight is 383 g/mol. The predicted molar refractivity (Wildman–Crippen MR) is 85.2 cm³/mol. The third-order valence-electron chi connectivity index (χ3n) is 4.05. The molecule has 25 heavy (non-hydrogen) atoms. The fourth-order valence-corrected chi connectivity index (χ4v) is 3.17. The molecular formula is C15H20F3NO5S. The van der Waals surface area contributed by atoms with Crippen LogP contribution in [-0.2, 0) is 19.6 Å². The van der Waals surface area contributed by atoms with E-state index in [-0.39, 0.29) is 23.5 Å². The highest BCUT2D eigenvalue weighted by Crippen LogP contribution is 2.32. The van der Waals surface area contributed by atoms with Crippen LogP contribution < -0.4 is 9.08 Å². The first-order chi connectivity index (χ1) is 11.6. The minimum atomic E-state index is -5.69. The van der Waals surface area contributed by atoms with Crippen LogP contribution in [0.3, 0.4) is 0 Å². The zero-order valence-electron chi connectivity index (χ0n) is 14.0. The van der Waals surface area contributed by atoms with Gasteiger partial charge in [0.2, 0.25) is 0 Å². The van der Waals surface area contributed by atoms with Gasteiger partial charge in [-0.05, 0) is 30.7 Å². The molecule has 0 aliphatic carbocycles. The second-order valence-electron chi connectivity index (χ2n) is 5.79. The molecule has 1 heterocycles. The van der Waals surface area contributed by atoms with E-state index in [4.69, 9.17) is 9.47 Å². The van der Waals surface area contributed by atoms with Crippen molar-refractivity contribution in [3.05, 3.63) is 23.8 Å². The Hall–Kier alpha value is -1.52. The van der Waals surface area contributed by atoms with E-state index in [1.807, 2.05) is 4.90 Å². The molecule has 0 N–H and O–H groups in total. The summed E-state index contributed by atoms with van der Waals surface area (Å²) in [4.78, 5) is 1.97. The summed E-state index contributed by atoms with van der Waals surface area (Å²) in [7, 11) is -2.49. The highest BCUT2D eigenvalue weighted by molar-refractivity contribution is 7.88. The van der Waals surface area contributed by atoms with Gasteiger partial charge < -0.3 is 18.6 Å². The molecule has 1 aliphatic heterocycles. The van der Waals surface area contributed by atoms with Gasteiger partial charge >= 0.3 is 15.6 Å². The summed E-state index contributed by atoms with van der Waals surface area (Å²) in [5.74, 6) is -0.357. The summed E-state index contributed by atoms with van der Waals surface area (Å²) in [5.41, 5.74) is -4.47. The van der Waals surface area contributed by atoms with Crippen LogP contribution >= 0.6 is 0 Å². The van der Waals surface area contributed by atoms with E-state index in [9.17, 15) is 21.6 Å². The van der Waals surface area contributed by atoms with Crippen molar-refractivity contribution in [1.29, 1.82) is 0 Å². The third kappa shape index (κ3) is 4.56. The fourth-order valence-electron chi connectivity index (χ4n) is 2.65. The Bertz CT molecular complexity index is 696. The number of ether oxygens (including phenoxy) is 2. The van der Waals surface area contributed by atoms with Crippen LogP contribution in [-0.4, -0.2) is 53.4 Å². The van der Waals surface area contributed by atoms with E-state index in [0.717, 1.165) is 12.1 Å². The van der Waals surface area contributed by atoms with Crippen molar-refractivity contribution >= 4 is 15.8 Å². The molecule has 0 amide bonds. The maximum absolute atomic E-state index is 12.4. The van der Waals surface area contributed by atoms with E-state index in [2.05, 4.69) is 4.18 Å². The van der Waals surface area contributed by atoms with Gasteiger partial charge in [-0.2, -0.15) is 21.6 Å². The SMILES string of the molecule is COC1CC(OC)CN(c2ccc(OS(=O)(=O)C(F)(F)F)c(C)c2)C1. The predicted octanol–water partition coefficient (Wildman–Crippen LogP) is 2.46. The number of nitrogens with zero attached hydrogens (tertiary/aromatic N) is 1. The molecule has 0 aromatic heterocycles. The molecule has 0 bridgehead atoms. The summed E-state index contributed by atoms with van der Waals surface area (Å²) in [6.07, 6.45) is 0.661. The quantitative estimate of drug-likeness (QED) is 0.575. The van der Waals surface area contributed by atoms with E-state index in [0.29, 0.717) is 13.1 Å². The number of piperidine rings is 1. The molecule has 2 rings (SSSR count). The molecule has 2 atom stereocenters. The smallest absolute Gasteiger partial charge is 0.380 e. The van der Waals surface area contributed by atoms with Crippen LogP contribution in [0.25, 0.3) is 0 Å². The average Bonchev–Trinajstić information content (AvgIpc) is 2.54. The zero-order valence-corrected chi connectivity index (χ0v) is 14.9. The molecule has 0 radical (unpaired) electrons. The lowest BCUT2D eigenvalue weighted by molar-refractivity contribution is -0.0500. The van der Waals surface area contributed by atoms with Crippen molar-refractivity contribution in [3.63, 3.8) is 0 Å². The lowest BCUT2D eigenvalue weighted by atomic mass is 10.0. The van der Waals surface area contributed by atoms with Crippen molar-refractivity contribution in [2.75, 3.05) is 32.2 Å². The molecular weight excluding hydrogens is 363 g/mol. The van der Waals surface area contributed by atoms with Gasteiger partial charge in [0.15, 0.2) is 0 Å². The maximum Gasteiger partial charge on any atom is 0.534 e. The molecule has 1 aromatic carbocycles. The van der Waals surface area contributed by atoms with Crippen LogP contribution in [0.5, 0.6) is 5.75 Å². The number of hydrogen-bond acceptors (Lipinski definition) is 6. The molecule has 10 heteroatoms. The molecule has 1 aromatic rings. The number of halogens is 3. The van der Waals surface area contributed by atoms with Gasteiger partial charge in [-0.3, -0.25) is 0 Å². The molecule has 6 nitrogen and oxygen atoms in total. The second kappa shape index (κ2) is 7.38. The van der Waals surface area contributed by atoms with Crippen molar-refractivity contribution in [2.24, 2.45) is 0 Å². The first kappa shape index (κ1) is 19.8. The van der Waals surface area contributed by atoms with Gasteiger partial charge in [0.05, 0.1) is 12.2 Å². The maximum atomic E-state index is 12.4. The van der Waals surface area contributed by atoms with Crippen molar-refractivity contribution in [1.82, 2.24) is 0 Å². The highest BCUT2D eigenvalue weighted by atomic mass is 32.2. The lowest BCUT2D eigenvalue weighted by Gasteiger charge is -2.38. The Morgan fingerprint density at radius 2 is 1.68 bits per heavy atom. The summed E-state index contributed by atoms with van der Waals surface area (Å²) in [6, 6.07) is 4.30. The van der Waals surface area contributed by atoms with Crippen molar-refractivity contribution < 1.29 is 35.2 Å². The van der Waals surface area contributed by atoms with Crippen LogP contribution in [0.15, 0.2) is 18.2 Å². The number of anilines is 1. The van der Waals surface area contributed by atoms with E-state index >= 15 is 0 Å². The first-order valence-electron chi connectivity index (χ1n) is 7.49. The van der Waals surface area contributed by atoms with Crippen LogP contribution in [0.1, 0.15) is 12.0 Å². The number of methoxy groups -OCH3 is 2. The van der Waals surface area contributed by atoms with Crippen LogP contribution in [0.2, 0.25) is 0 Å². The van der Waals surface area contributed by atoms with Gasteiger partial charge in [0.1, 0.15) is 5.75 Å². The number of benzene rings is 1. The Kier molecular flexibility index (Phi) is 5.85. The van der Waals surface area contributed by atoms with Crippen molar-refractivity contribution in [3.8, 4) is 5.75 Å². The zero-order chi connectivity index (χ0) is 18.8. The van der Waals surface area contributed by atoms with E-state index in [1.54, 1.807) is 20.3 Å². The molecule has 1 saturated heterocycles. The normalized spacial score (nSPS) is 22.1. The monoisotopic (exact) mass is 383 g/mol. The van der Waals surface area contributed by atoms with Crippen LogP contribution in [0.4, 0.5) is 18.9 Å². The van der Waals surface area contributed by atoms with E-state index < -0.39 is 15.6 Å². The molecule has 2 unspecified atom stereocenters. The number of alkyl halides is 3. The Labute approximate surface area is 144 Å². The summed E-state index contributed by atoms with van der Waals surface area (Å²) in [6.45, 7) is 2.67. The second-order valence-corrected chi connectivity index (χ2v) is 7.33. The lowest BCUT2D eigenvalue weighted by Crippen LogP contribution is -2.47. The highest BCUT2D eigenvalue weighted by Gasteiger charge is 2.48. The third-order valence-corrected chi connectivity index (χ3v) is 5.01. The van der Waals surface area contributed by atoms with Gasteiger partial charge in [-0.15, -0.1) is 0 Å². The first-order valence-corrected chi connectivity index (χ1v) is 8.90. The van der Waals surface area contributed by atoms with Gasteiger partial charge in [-0.1, -0.05) is 0 Å². The topological polar surface area (TPSA) is 65.1 Å². The summed E-state index contributed by atoms with van der Waals surface area (Å²) >= 11 is 0. The minimum absolute atomic E-state index is 0.0412. The molecule has 0 saturated carbocycles. The number of rotatable bonds is 5. The largest absolute Gasteiger partial charge is 0.534 e. The standard InChI is InChI=1S/C15H20F3NO5S/c1-10-6-11(19-8-12(22-2)7-13(9-19)23-3)4-5-14(10)24-25(20,21)15(16,17)18/h4-6,12-13H,7-9H2,1-3H3. The Balaban J connectivity index is 2.21. The number of hydrogen-bond donors (Lipinski definition) is 0. The number of aryl methyl sites for hydroxylation is 1. The molecule has 1 fully saturated rings. The summed E-state index contributed by atoms with van der Waals surface area (Å²) < 4.78 is 74.5. The summed E-state index contributed by atoms with van der Waals surface area (Å²) in [5, 5.41) is 0. The fraction of sp³-hybridized carbons (Fsp3) is 0.600. The van der Waals surface area contributed by atoms with Gasteiger partial charge in [0.25, 0.3) is 0 Å². The van der Waals surface area contributed by atoms with E-state index in [1.165, 1.54) is 19.1 Å². The van der Waals surface area contributed by atoms with Gasteiger partial charge in [-0.25, -0.2) is 0 Å². The Morgan fingerprint density at radius 3 is 2.12 bits per heavy atom. The Morgan fingerprint density at radius 1 is 1.12 bits per heavy atom. The van der Waals surface area contributed by atoms with Crippen molar-refractivity contribution in [2.45, 2.75) is 31.1 Å². The van der Waals surface area contributed by atoms with Crippen LogP contribution in [0, 0.1) is 6.92 Å². The molecule has 0 spiro atoms. The molecule has 142 valence electrons.